The minimum Gasteiger partial charge on any atom is -0.384 e. The molecule has 1 aliphatic rings. The smallest absolute Gasteiger partial charge is 0.0446 e. The van der Waals surface area contributed by atoms with Gasteiger partial charge in [-0.3, -0.25) is 0 Å². The molecule has 0 spiro atoms. The van der Waals surface area contributed by atoms with Crippen LogP contribution in [0.4, 0.5) is 11.4 Å². The Bertz CT molecular complexity index is 611. The molecule has 2 heteroatoms. The summed E-state index contributed by atoms with van der Waals surface area (Å²) >= 11 is 0. The lowest BCUT2D eigenvalue weighted by Crippen LogP contribution is -2.17. The number of rotatable bonds is 3. The fraction of sp³-hybridized carbons (Fsp3) is 0.333. The lowest BCUT2D eigenvalue weighted by Gasteiger charge is -2.22. The summed E-state index contributed by atoms with van der Waals surface area (Å²) in [5.74, 6) is 0. The summed E-state index contributed by atoms with van der Waals surface area (Å²) in [6, 6.07) is 13.4. The van der Waals surface area contributed by atoms with Crippen LogP contribution < -0.4 is 10.2 Å². The lowest BCUT2D eigenvalue weighted by atomic mass is 10.1. The van der Waals surface area contributed by atoms with Crippen molar-refractivity contribution in [2.24, 2.45) is 0 Å². The van der Waals surface area contributed by atoms with Crippen molar-refractivity contribution in [3.63, 3.8) is 0 Å². The summed E-state index contributed by atoms with van der Waals surface area (Å²) < 4.78 is 0. The van der Waals surface area contributed by atoms with Gasteiger partial charge in [0.05, 0.1) is 0 Å². The minimum atomic E-state index is 0.944. The zero-order valence-corrected chi connectivity index (χ0v) is 12.5. The third-order valence-electron chi connectivity index (χ3n) is 3.99. The van der Waals surface area contributed by atoms with Gasteiger partial charge in [0, 0.05) is 31.5 Å². The number of anilines is 2. The van der Waals surface area contributed by atoms with Gasteiger partial charge in [-0.25, -0.2) is 0 Å². The quantitative estimate of drug-likeness (QED) is 0.906. The van der Waals surface area contributed by atoms with Crippen LogP contribution in [0, 0.1) is 13.8 Å². The Balaban J connectivity index is 1.86. The van der Waals surface area contributed by atoms with E-state index < -0.39 is 0 Å². The number of aryl methyl sites for hydroxylation is 2. The first-order chi connectivity index (χ1) is 9.63. The molecule has 20 heavy (non-hydrogen) atoms. The predicted molar refractivity (Wildman–Crippen MR) is 86.7 cm³/mol. The fourth-order valence-corrected chi connectivity index (χ4v) is 3.06. The maximum Gasteiger partial charge on any atom is 0.0446 e. The van der Waals surface area contributed by atoms with E-state index in [9.17, 15) is 0 Å². The van der Waals surface area contributed by atoms with Gasteiger partial charge in [-0.15, -0.1) is 0 Å². The second-order valence-corrected chi connectivity index (χ2v) is 5.83. The van der Waals surface area contributed by atoms with Crippen molar-refractivity contribution in [2.45, 2.75) is 26.8 Å². The van der Waals surface area contributed by atoms with Crippen molar-refractivity contribution in [3.05, 3.63) is 58.7 Å². The molecule has 0 aromatic heterocycles. The summed E-state index contributed by atoms with van der Waals surface area (Å²) in [6.07, 6.45) is 1.15. The van der Waals surface area contributed by atoms with E-state index in [-0.39, 0.29) is 0 Å². The molecular formula is C18H22N2. The Labute approximate surface area is 121 Å². The third kappa shape index (κ3) is 2.51. The van der Waals surface area contributed by atoms with E-state index in [0.717, 1.165) is 19.5 Å². The molecule has 1 heterocycles. The molecule has 0 saturated carbocycles. The molecule has 0 unspecified atom stereocenters. The zero-order valence-electron chi connectivity index (χ0n) is 12.5. The Kier molecular flexibility index (Phi) is 3.39. The minimum absolute atomic E-state index is 0.944. The van der Waals surface area contributed by atoms with Crippen molar-refractivity contribution >= 4 is 11.4 Å². The van der Waals surface area contributed by atoms with Crippen LogP contribution in [-0.2, 0) is 13.0 Å². The van der Waals surface area contributed by atoms with Gasteiger partial charge in [0.1, 0.15) is 0 Å². The van der Waals surface area contributed by atoms with Crippen molar-refractivity contribution in [3.8, 4) is 0 Å². The van der Waals surface area contributed by atoms with Gasteiger partial charge in [0.2, 0.25) is 0 Å². The molecule has 0 radical (unpaired) electrons. The summed E-state index contributed by atoms with van der Waals surface area (Å²) in [7, 11) is 2.17. The van der Waals surface area contributed by atoms with Crippen molar-refractivity contribution in [1.82, 2.24) is 0 Å². The van der Waals surface area contributed by atoms with E-state index in [4.69, 9.17) is 0 Å². The van der Waals surface area contributed by atoms with Gasteiger partial charge in [0.15, 0.2) is 0 Å². The van der Waals surface area contributed by atoms with Crippen molar-refractivity contribution < 1.29 is 0 Å². The molecule has 0 saturated heterocycles. The highest BCUT2D eigenvalue weighted by Gasteiger charge is 2.14. The molecule has 0 amide bonds. The maximum atomic E-state index is 3.52. The fourth-order valence-electron chi connectivity index (χ4n) is 3.06. The number of fused-ring (bicyclic) bond motifs is 1. The van der Waals surface area contributed by atoms with E-state index in [1.807, 2.05) is 0 Å². The Morgan fingerprint density at radius 2 is 1.85 bits per heavy atom. The normalized spacial score (nSPS) is 12.9. The molecule has 0 atom stereocenters. The van der Waals surface area contributed by atoms with Crippen molar-refractivity contribution in [1.29, 1.82) is 0 Å². The van der Waals surface area contributed by atoms with E-state index in [0.29, 0.717) is 0 Å². The standard InChI is InChI=1S/C18H22N2/c1-13-9-14(2)11-17(10-13)20(3)12-16-6-4-5-15-7-8-19-18(15)16/h4-6,9-11,19H,7-8,12H2,1-3H3. The summed E-state index contributed by atoms with van der Waals surface area (Å²) in [5.41, 5.74) is 8.13. The second-order valence-electron chi connectivity index (χ2n) is 5.83. The van der Waals surface area contributed by atoms with Crippen molar-refractivity contribution in [2.75, 3.05) is 23.8 Å². The van der Waals surface area contributed by atoms with Crippen LogP contribution in [0.25, 0.3) is 0 Å². The van der Waals surface area contributed by atoms with Crippen LogP contribution in [0.5, 0.6) is 0 Å². The highest BCUT2D eigenvalue weighted by Crippen LogP contribution is 2.28. The number of para-hydroxylation sites is 1. The van der Waals surface area contributed by atoms with Crippen LogP contribution in [0.15, 0.2) is 36.4 Å². The highest BCUT2D eigenvalue weighted by atomic mass is 15.1. The molecule has 0 fully saturated rings. The molecule has 1 aliphatic heterocycles. The first-order valence-electron chi connectivity index (χ1n) is 7.27. The van der Waals surface area contributed by atoms with Gasteiger partial charge in [-0.1, -0.05) is 24.3 Å². The topological polar surface area (TPSA) is 15.3 Å². The maximum absolute atomic E-state index is 3.52. The molecule has 0 aliphatic carbocycles. The molecule has 3 rings (SSSR count). The van der Waals surface area contributed by atoms with Crippen LogP contribution >= 0.6 is 0 Å². The predicted octanol–water partition coefficient (Wildman–Crippen LogP) is 3.91. The van der Waals surface area contributed by atoms with Gasteiger partial charge < -0.3 is 10.2 Å². The van der Waals surface area contributed by atoms with Gasteiger partial charge >= 0.3 is 0 Å². The van der Waals surface area contributed by atoms with Crippen LogP contribution in [0.3, 0.4) is 0 Å². The van der Waals surface area contributed by atoms with Gasteiger partial charge in [0.25, 0.3) is 0 Å². The van der Waals surface area contributed by atoms with E-state index in [1.165, 1.54) is 33.6 Å². The van der Waals surface area contributed by atoms with E-state index in [2.05, 4.69) is 67.5 Å². The summed E-state index contributed by atoms with van der Waals surface area (Å²) in [5, 5.41) is 3.52. The SMILES string of the molecule is Cc1cc(C)cc(N(C)Cc2cccc3c2NCC3)c1. The van der Waals surface area contributed by atoms with E-state index >= 15 is 0 Å². The Hall–Kier alpha value is -1.96. The molecule has 0 bridgehead atoms. The Morgan fingerprint density at radius 1 is 1.10 bits per heavy atom. The molecule has 2 aromatic rings. The second kappa shape index (κ2) is 5.20. The Morgan fingerprint density at radius 3 is 2.60 bits per heavy atom. The average Bonchev–Trinajstić information content (AvgIpc) is 2.87. The van der Waals surface area contributed by atoms with Crippen LogP contribution in [-0.4, -0.2) is 13.6 Å². The zero-order chi connectivity index (χ0) is 14.1. The molecule has 104 valence electrons. The average molecular weight is 266 g/mol. The molecular weight excluding hydrogens is 244 g/mol. The van der Waals surface area contributed by atoms with Crippen LogP contribution in [0.2, 0.25) is 0 Å². The molecule has 2 nitrogen and oxygen atoms in total. The van der Waals surface area contributed by atoms with Gasteiger partial charge in [-0.2, -0.15) is 0 Å². The first-order valence-corrected chi connectivity index (χ1v) is 7.27. The summed E-state index contributed by atoms with van der Waals surface area (Å²) in [6.45, 7) is 6.33. The lowest BCUT2D eigenvalue weighted by molar-refractivity contribution is 0.922. The largest absolute Gasteiger partial charge is 0.384 e. The highest BCUT2D eigenvalue weighted by molar-refractivity contribution is 5.62. The summed E-state index contributed by atoms with van der Waals surface area (Å²) in [4.78, 5) is 2.33. The van der Waals surface area contributed by atoms with E-state index in [1.54, 1.807) is 0 Å². The first kappa shape index (κ1) is 13.0. The number of nitrogens with zero attached hydrogens (tertiary/aromatic N) is 1. The number of benzene rings is 2. The third-order valence-corrected chi connectivity index (χ3v) is 3.99. The molecule has 1 N–H and O–H groups in total. The van der Waals surface area contributed by atoms with Gasteiger partial charge in [-0.05, 0) is 54.7 Å². The monoisotopic (exact) mass is 266 g/mol. The number of hydrogen-bond acceptors (Lipinski definition) is 2. The van der Waals surface area contributed by atoms with Crippen LogP contribution in [0.1, 0.15) is 22.3 Å². The molecule has 2 aromatic carbocycles. The number of hydrogen-bond donors (Lipinski definition) is 1. The number of nitrogens with one attached hydrogen (secondary N) is 1.